The summed E-state index contributed by atoms with van der Waals surface area (Å²) in [6.45, 7) is 1.63. The standard InChI is InChI=1S/C17H15N3O4S/c1-11-2-7-14(8-16(11)25(18,22)23)20-17(21)13-5-3-12(4-6-13)15-9-19-10-24-15/h2-10H,1H3,(H,20,21)(H2,18,22,23). The Bertz CT molecular complexity index is 1010. The van der Waals surface area contributed by atoms with Gasteiger partial charge in [0.2, 0.25) is 10.0 Å². The Morgan fingerprint density at radius 1 is 1.16 bits per heavy atom. The fraction of sp³-hybridized carbons (Fsp3) is 0.0588. The molecule has 1 aromatic heterocycles. The Labute approximate surface area is 144 Å². The van der Waals surface area contributed by atoms with Gasteiger partial charge in [-0.25, -0.2) is 18.5 Å². The maximum Gasteiger partial charge on any atom is 0.255 e. The van der Waals surface area contributed by atoms with E-state index in [-0.39, 0.29) is 10.8 Å². The van der Waals surface area contributed by atoms with E-state index in [1.165, 1.54) is 12.5 Å². The lowest BCUT2D eigenvalue weighted by Crippen LogP contribution is -2.16. The molecular weight excluding hydrogens is 342 g/mol. The van der Waals surface area contributed by atoms with Crippen molar-refractivity contribution in [1.82, 2.24) is 4.98 Å². The topological polar surface area (TPSA) is 115 Å². The third-order valence-corrected chi connectivity index (χ3v) is 4.67. The molecule has 128 valence electrons. The third kappa shape index (κ3) is 3.76. The second kappa shape index (κ2) is 6.50. The number of nitrogens with one attached hydrogen (secondary N) is 1. The van der Waals surface area contributed by atoms with E-state index in [1.54, 1.807) is 49.5 Å². The number of anilines is 1. The molecular formula is C17H15N3O4S. The van der Waals surface area contributed by atoms with Crippen LogP contribution in [0.3, 0.4) is 0 Å². The monoisotopic (exact) mass is 357 g/mol. The van der Waals surface area contributed by atoms with Crippen LogP contribution in [-0.4, -0.2) is 19.3 Å². The number of benzene rings is 2. The number of carbonyl (C=O) groups is 1. The van der Waals surface area contributed by atoms with Gasteiger partial charge in [0.1, 0.15) is 0 Å². The van der Waals surface area contributed by atoms with Crippen LogP contribution in [0.25, 0.3) is 11.3 Å². The Hall–Kier alpha value is -2.97. The van der Waals surface area contributed by atoms with E-state index in [0.29, 0.717) is 22.6 Å². The molecule has 3 N–H and O–H groups in total. The second-order valence-electron chi connectivity index (χ2n) is 5.42. The van der Waals surface area contributed by atoms with Crippen LogP contribution in [0.5, 0.6) is 0 Å². The van der Waals surface area contributed by atoms with Crippen LogP contribution < -0.4 is 10.5 Å². The first kappa shape index (κ1) is 16.9. The van der Waals surface area contributed by atoms with Gasteiger partial charge in [0.15, 0.2) is 12.2 Å². The number of hydrogen-bond donors (Lipinski definition) is 2. The molecule has 0 saturated carbocycles. The number of amides is 1. The lowest BCUT2D eigenvalue weighted by atomic mass is 10.1. The molecule has 0 unspecified atom stereocenters. The highest BCUT2D eigenvalue weighted by Crippen LogP contribution is 2.21. The molecule has 2 aromatic carbocycles. The molecule has 1 amide bonds. The predicted molar refractivity (Wildman–Crippen MR) is 92.4 cm³/mol. The highest BCUT2D eigenvalue weighted by Gasteiger charge is 2.14. The average Bonchev–Trinajstić information content (AvgIpc) is 3.10. The molecule has 0 aliphatic carbocycles. The van der Waals surface area contributed by atoms with Gasteiger partial charge in [-0.05, 0) is 36.8 Å². The number of aromatic nitrogens is 1. The highest BCUT2D eigenvalue weighted by molar-refractivity contribution is 7.89. The number of oxazole rings is 1. The number of primary sulfonamides is 1. The minimum atomic E-state index is -3.85. The number of nitrogens with two attached hydrogens (primary N) is 1. The zero-order chi connectivity index (χ0) is 18.0. The maximum absolute atomic E-state index is 12.3. The van der Waals surface area contributed by atoms with Gasteiger partial charge in [0.05, 0.1) is 11.1 Å². The molecule has 0 aliphatic heterocycles. The van der Waals surface area contributed by atoms with E-state index in [2.05, 4.69) is 10.3 Å². The van der Waals surface area contributed by atoms with Crippen LogP contribution in [0.15, 0.2) is 64.4 Å². The highest BCUT2D eigenvalue weighted by atomic mass is 32.2. The molecule has 0 spiro atoms. The van der Waals surface area contributed by atoms with E-state index in [1.807, 2.05) is 0 Å². The first-order valence-corrected chi connectivity index (χ1v) is 8.83. The van der Waals surface area contributed by atoms with Crippen LogP contribution in [0, 0.1) is 6.92 Å². The Morgan fingerprint density at radius 2 is 1.88 bits per heavy atom. The molecule has 3 aromatic rings. The molecule has 3 rings (SSSR count). The SMILES string of the molecule is Cc1ccc(NC(=O)c2ccc(-c3cnco3)cc2)cc1S(N)(=O)=O. The van der Waals surface area contributed by atoms with Crippen molar-refractivity contribution in [2.75, 3.05) is 5.32 Å². The van der Waals surface area contributed by atoms with Crippen LogP contribution in [0.1, 0.15) is 15.9 Å². The Balaban J connectivity index is 1.81. The van der Waals surface area contributed by atoms with Crippen LogP contribution in [0.2, 0.25) is 0 Å². The minimum absolute atomic E-state index is 0.0223. The van der Waals surface area contributed by atoms with E-state index in [4.69, 9.17) is 9.56 Å². The number of hydrogen-bond acceptors (Lipinski definition) is 5. The molecule has 0 atom stereocenters. The maximum atomic E-state index is 12.3. The van der Waals surface area contributed by atoms with Gasteiger partial charge in [0, 0.05) is 16.8 Å². The first-order chi connectivity index (χ1) is 11.8. The number of aryl methyl sites for hydroxylation is 1. The third-order valence-electron chi connectivity index (χ3n) is 3.62. The lowest BCUT2D eigenvalue weighted by Gasteiger charge is -2.09. The molecule has 0 saturated heterocycles. The zero-order valence-electron chi connectivity index (χ0n) is 13.3. The van der Waals surface area contributed by atoms with E-state index in [0.717, 1.165) is 5.56 Å². The van der Waals surface area contributed by atoms with Gasteiger partial charge in [-0.1, -0.05) is 18.2 Å². The molecule has 25 heavy (non-hydrogen) atoms. The summed E-state index contributed by atoms with van der Waals surface area (Å²) in [5.41, 5.74) is 2.07. The van der Waals surface area contributed by atoms with Gasteiger partial charge in [-0.3, -0.25) is 4.79 Å². The molecule has 0 radical (unpaired) electrons. The number of rotatable bonds is 4. The summed E-state index contributed by atoms with van der Waals surface area (Å²) < 4.78 is 28.3. The molecule has 0 aliphatic rings. The Morgan fingerprint density at radius 3 is 2.48 bits per heavy atom. The van der Waals surface area contributed by atoms with Crippen LogP contribution >= 0.6 is 0 Å². The molecule has 8 heteroatoms. The van der Waals surface area contributed by atoms with E-state index in [9.17, 15) is 13.2 Å². The summed E-state index contributed by atoms with van der Waals surface area (Å²) in [4.78, 5) is 16.1. The van der Waals surface area contributed by atoms with Crippen LogP contribution in [-0.2, 0) is 10.0 Å². The largest absolute Gasteiger partial charge is 0.444 e. The number of carbonyl (C=O) groups excluding carboxylic acids is 1. The summed E-state index contributed by atoms with van der Waals surface area (Å²) in [6, 6.07) is 11.3. The molecule has 1 heterocycles. The normalized spacial score (nSPS) is 11.3. The van der Waals surface area contributed by atoms with Gasteiger partial charge in [0.25, 0.3) is 5.91 Å². The van der Waals surface area contributed by atoms with Gasteiger partial charge < -0.3 is 9.73 Å². The van der Waals surface area contributed by atoms with Crippen molar-refractivity contribution in [3.8, 4) is 11.3 Å². The van der Waals surface area contributed by atoms with Crippen molar-refractivity contribution in [1.29, 1.82) is 0 Å². The molecule has 0 fully saturated rings. The molecule has 7 nitrogen and oxygen atoms in total. The van der Waals surface area contributed by atoms with Crippen molar-refractivity contribution < 1.29 is 17.6 Å². The van der Waals surface area contributed by atoms with Gasteiger partial charge in [-0.2, -0.15) is 0 Å². The van der Waals surface area contributed by atoms with E-state index >= 15 is 0 Å². The predicted octanol–water partition coefficient (Wildman–Crippen LogP) is 2.55. The van der Waals surface area contributed by atoms with Gasteiger partial charge >= 0.3 is 0 Å². The van der Waals surface area contributed by atoms with Gasteiger partial charge in [-0.15, -0.1) is 0 Å². The van der Waals surface area contributed by atoms with Crippen molar-refractivity contribution in [2.24, 2.45) is 5.14 Å². The fourth-order valence-electron chi connectivity index (χ4n) is 2.33. The van der Waals surface area contributed by atoms with Crippen molar-refractivity contribution in [3.63, 3.8) is 0 Å². The second-order valence-corrected chi connectivity index (χ2v) is 6.95. The first-order valence-electron chi connectivity index (χ1n) is 7.28. The fourth-order valence-corrected chi connectivity index (χ4v) is 3.14. The smallest absolute Gasteiger partial charge is 0.255 e. The number of nitrogens with zero attached hydrogens (tertiary/aromatic N) is 1. The Kier molecular flexibility index (Phi) is 4.39. The van der Waals surface area contributed by atoms with E-state index < -0.39 is 10.0 Å². The summed E-state index contributed by atoms with van der Waals surface area (Å²) >= 11 is 0. The summed E-state index contributed by atoms with van der Waals surface area (Å²) in [6.07, 6.45) is 2.91. The minimum Gasteiger partial charge on any atom is -0.444 e. The van der Waals surface area contributed by atoms with Crippen LogP contribution in [0.4, 0.5) is 5.69 Å². The van der Waals surface area contributed by atoms with Crippen molar-refractivity contribution in [2.45, 2.75) is 11.8 Å². The number of sulfonamides is 1. The lowest BCUT2D eigenvalue weighted by molar-refractivity contribution is 0.102. The summed E-state index contributed by atoms with van der Waals surface area (Å²) in [5.74, 6) is 0.233. The quantitative estimate of drug-likeness (QED) is 0.744. The summed E-state index contributed by atoms with van der Waals surface area (Å²) in [5, 5.41) is 7.83. The molecule has 0 bridgehead atoms. The average molecular weight is 357 g/mol. The summed E-state index contributed by atoms with van der Waals surface area (Å²) in [7, 11) is -3.85. The van der Waals surface area contributed by atoms with Crippen molar-refractivity contribution >= 4 is 21.6 Å². The van der Waals surface area contributed by atoms with Crippen molar-refractivity contribution in [3.05, 3.63) is 66.2 Å². The zero-order valence-corrected chi connectivity index (χ0v) is 14.1.